The summed E-state index contributed by atoms with van der Waals surface area (Å²) in [6, 6.07) is 19.5. The predicted molar refractivity (Wildman–Crippen MR) is 139 cm³/mol. The number of H-pyrrole nitrogens is 1. The number of anilines is 1. The molecule has 2 heterocycles. The molecule has 0 spiro atoms. The van der Waals surface area contributed by atoms with Crippen LogP contribution in [0, 0.1) is 4.77 Å². The summed E-state index contributed by atoms with van der Waals surface area (Å²) in [6.45, 7) is 1.76. The van der Waals surface area contributed by atoms with E-state index in [9.17, 15) is 22.8 Å². The summed E-state index contributed by atoms with van der Waals surface area (Å²) in [5.41, 5.74) is 1.66. The van der Waals surface area contributed by atoms with Crippen LogP contribution >= 0.6 is 12.2 Å². The average Bonchev–Trinajstić information content (AvgIpc) is 2.89. The number of carbonyl (C=O) groups excluding carboxylic acids is 1. The van der Waals surface area contributed by atoms with E-state index in [1.54, 1.807) is 53.4 Å². The van der Waals surface area contributed by atoms with Gasteiger partial charge in [0, 0.05) is 31.9 Å². The Labute approximate surface area is 215 Å². The Bertz CT molecular complexity index is 1570. The number of aromatic nitrogens is 2. The maximum Gasteiger partial charge on any atom is 0.416 e. The van der Waals surface area contributed by atoms with Crippen LogP contribution in [0.3, 0.4) is 0 Å². The number of para-hydroxylation sites is 1. The van der Waals surface area contributed by atoms with Crippen molar-refractivity contribution in [1.82, 2.24) is 14.5 Å². The average molecular weight is 525 g/mol. The SMILES string of the molecule is O=C(Cc1ccc(-n2c(=S)[nH]c3ccccc3c2=O)cc1)N1CCN(c2cccc(C(F)(F)F)c2)CC1. The number of fused-ring (bicyclic) bond motifs is 1. The van der Waals surface area contributed by atoms with Gasteiger partial charge in [-0.1, -0.05) is 30.3 Å². The minimum absolute atomic E-state index is 0.0587. The molecule has 3 aromatic carbocycles. The Kier molecular flexibility index (Phi) is 6.59. The van der Waals surface area contributed by atoms with E-state index in [-0.39, 0.29) is 22.7 Å². The van der Waals surface area contributed by atoms with Crippen LogP contribution in [0.5, 0.6) is 0 Å². The lowest BCUT2D eigenvalue weighted by atomic mass is 10.1. The molecule has 1 aliphatic heterocycles. The van der Waals surface area contributed by atoms with Gasteiger partial charge in [-0.2, -0.15) is 13.2 Å². The Balaban J connectivity index is 1.24. The molecule has 10 heteroatoms. The van der Waals surface area contributed by atoms with Crippen molar-refractivity contribution in [3.05, 3.63) is 99.0 Å². The lowest BCUT2D eigenvalue weighted by molar-refractivity contribution is -0.137. The van der Waals surface area contributed by atoms with E-state index in [1.807, 2.05) is 11.0 Å². The number of nitrogens with zero attached hydrogens (tertiary/aromatic N) is 3. The molecule has 190 valence electrons. The number of piperazine rings is 1. The molecule has 0 radical (unpaired) electrons. The summed E-state index contributed by atoms with van der Waals surface area (Å²) in [6.07, 6.45) is -4.21. The number of benzene rings is 3. The molecule has 0 unspecified atom stereocenters. The van der Waals surface area contributed by atoms with Crippen LogP contribution in [-0.2, 0) is 17.4 Å². The van der Waals surface area contributed by atoms with E-state index >= 15 is 0 Å². The zero-order valence-corrected chi connectivity index (χ0v) is 20.5. The minimum Gasteiger partial charge on any atom is -0.368 e. The van der Waals surface area contributed by atoms with Gasteiger partial charge in [-0.15, -0.1) is 0 Å². The number of rotatable bonds is 4. The first-order valence-electron chi connectivity index (χ1n) is 11.7. The molecule has 0 bridgehead atoms. The van der Waals surface area contributed by atoms with Crippen molar-refractivity contribution in [3.8, 4) is 5.69 Å². The third-order valence-electron chi connectivity index (χ3n) is 6.53. The number of halogens is 3. The van der Waals surface area contributed by atoms with Gasteiger partial charge in [-0.25, -0.2) is 0 Å². The first kappa shape index (κ1) is 24.8. The Morgan fingerprint density at radius 1 is 0.892 bits per heavy atom. The summed E-state index contributed by atoms with van der Waals surface area (Å²) in [5, 5.41) is 0.527. The van der Waals surface area contributed by atoms with Crippen molar-refractivity contribution in [2.24, 2.45) is 0 Å². The lowest BCUT2D eigenvalue weighted by Gasteiger charge is -2.36. The lowest BCUT2D eigenvalue weighted by Crippen LogP contribution is -2.49. The van der Waals surface area contributed by atoms with Crippen molar-refractivity contribution >= 4 is 34.7 Å². The number of alkyl halides is 3. The van der Waals surface area contributed by atoms with Crippen LogP contribution in [0.25, 0.3) is 16.6 Å². The molecule has 4 aromatic rings. The van der Waals surface area contributed by atoms with Gasteiger partial charge < -0.3 is 14.8 Å². The fourth-order valence-electron chi connectivity index (χ4n) is 4.54. The second-order valence-electron chi connectivity index (χ2n) is 8.88. The molecule has 1 amide bonds. The molecule has 0 aliphatic carbocycles. The van der Waals surface area contributed by atoms with Crippen LogP contribution in [0.4, 0.5) is 18.9 Å². The number of hydrogen-bond donors (Lipinski definition) is 1. The van der Waals surface area contributed by atoms with Crippen LogP contribution in [0.1, 0.15) is 11.1 Å². The van der Waals surface area contributed by atoms with Gasteiger partial charge in [0.1, 0.15) is 0 Å². The number of amides is 1. The highest BCUT2D eigenvalue weighted by molar-refractivity contribution is 7.71. The van der Waals surface area contributed by atoms with E-state index in [2.05, 4.69) is 4.98 Å². The second kappa shape index (κ2) is 9.85. The Morgan fingerprint density at radius 3 is 2.30 bits per heavy atom. The fourth-order valence-corrected chi connectivity index (χ4v) is 4.84. The van der Waals surface area contributed by atoms with Gasteiger partial charge in [-0.05, 0) is 60.2 Å². The maximum atomic E-state index is 13.0. The molecule has 1 saturated heterocycles. The van der Waals surface area contributed by atoms with Gasteiger partial charge in [0.15, 0.2) is 4.77 Å². The van der Waals surface area contributed by atoms with Crippen molar-refractivity contribution in [3.63, 3.8) is 0 Å². The van der Waals surface area contributed by atoms with Crippen molar-refractivity contribution < 1.29 is 18.0 Å². The molecule has 37 heavy (non-hydrogen) atoms. The second-order valence-corrected chi connectivity index (χ2v) is 9.26. The van der Waals surface area contributed by atoms with Crippen LogP contribution < -0.4 is 10.5 Å². The number of aromatic amines is 1. The predicted octanol–water partition coefficient (Wildman–Crippen LogP) is 4.96. The molecule has 5 rings (SSSR count). The van der Waals surface area contributed by atoms with Gasteiger partial charge in [0.2, 0.25) is 5.91 Å². The number of nitrogens with one attached hydrogen (secondary N) is 1. The summed E-state index contributed by atoms with van der Waals surface area (Å²) in [5.74, 6) is -0.0587. The molecule has 0 saturated carbocycles. The molecule has 1 fully saturated rings. The molecule has 6 nitrogen and oxygen atoms in total. The minimum atomic E-state index is -4.39. The first-order chi connectivity index (χ1) is 17.7. The third-order valence-corrected chi connectivity index (χ3v) is 6.81. The molecule has 0 atom stereocenters. The summed E-state index contributed by atoms with van der Waals surface area (Å²) < 4.78 is 40.8. The van der Waals surface area contributed by atoms with E-state index in [0.29, 0.717) is 48.5 Å². The highest BCUT2D eigenvalue weighted by atomic mass is 32.1. The number of carbonyl (C=O) groups is 1. The Hall–Kier alpha value is -3.92. The molecular formula is C27H23F3N4O2S. The van der Waals surface area contributed by atoms with E-state index in [1.165, 1.54) is 10.6 Å². The van der Waals surface area contributed by atoms with Crippen LogP contribution in [0.15, 0.2) is 77.6 Å². The standard InChI is InChI=1S/C27H23F3N4O2S/c28-27(29,30)19-4-3-5-21(17-19)32-12-14-33(15-13-32)24(35)16-18-8-10-20(11-9-18)34-25(36)22-6-1-2-7-23(22)31-26(34)37/h1-11,17H,12-16H2,(H,31,37). The quantitative estimate of drug-likeness (QED) is 0.384. The number of hydrogen-bond acceptors (Lipinski definition) is 4. The van der Waals surface area contributed by atoms with Gasteiger partial charge in [-0.3, -0.25) is 14.2 Å². The molecule has 1 aliphatic rings. The third kappa shape index (κ3) is 5.15. The smallest absolute Gasteiger partial charge is 0.368 e. The summed E-state index contributed by atoms with van der Waals surface area (Å²) in [4.78, 5) is 32.5. The van der Waals surface area contributed by atoms with Gasteiger partial charge >= 0.3 is 6.18 Å². The van der Waals surface area contributed by atoms with Crippen LogP contribution in [-0.4, -0.2) is 46.5 Å². The van der Waals surface area contributed by atoms with Crippen molar-refractivity contribution in [1.29, 1.82) is 0 Å². The highest BCUT2D eigenvalue weighted by Crippen LogP contribution is 2.32. The molecular weight excluding hydrogens is 501 g/mol. The Morgan fingerprint density at radius 2 is 1.59 bits per heavy atom. The summed E-state index contributed by atoms with van der Waals surface area (Å²) in [7, 11) is 0. The zero-order valence-electron chi connectivity index (χ0n) is 19.7. The zero-order chi connectivity index (χ0) is 26.2. The monoisotopic (exact) mass is 524 g/mol. The van der Waals surface area contributed by atoms with Gasteiger partial charge in [0.25, 0.3) is 5.56 Å². The largest absolute Gasteiger partial charge is 0.416 e. The normalized spacial score (nSPS) is 14.2. The van der Waals surface area contributed by atoms with Gasteiger partial charge in [0.05, 0.1) is 28.6 Å². The van der Waals surface area contributed by atoms with E-state index in [0.717, 1.165) is 17.7 Å². The first-order valence-corrected chi connectivity index (χ1v) is 12.1. The summed E-state index contributed by atoms with van der Waals surface area (Å²) >= 11 is 5.39. The van der Waals surface area contributed by atoms with Crippen LogP contribution in [0.2, 0.25) is 0 Å². The maximum absolute atomic E-state index is 13.0. The fraction of sp³-hybridized carbons (Fsp3) is 0.222. The molecule has 1 aromatic heterocycles. The van der Waals surface area contributed by atoms with E-state index in [4.69, 9.17) is 12.2 Å². The highest BCUT2D eigenvalue weighted by Gasteiger charge is 2.31. The van der Waals surface area contributed by atoms with Crippen molar-refractivity contribution in [2.75, 3.05) is 31.1 Å². The van der Waals surface area contributed by atoms with Crippen molar-refractivity contribution in [2.45, 2.75) is 12.6 Å². The van der Waals surface area contributed by atoms with E-state index < -0.39 is 11.7 Å². The topological polar surface area (TPSA) is 61.3 Å². The molecule has 1 N–H and O–H groups in total.